The van der Waals surface area contributed by atoms with Crippen LogP contribution >= 0.6 is 0 Å². The van der Waals surface area contributed by atoms with E-state index in [4.69, 9.17) is 9.84 Å². The van der Waals surface area contributed by atoms with Crippen molar-refractivity contribution >= 4 is 11.5 Å². The number of allylic oxidation sites excluding steroid dienone is 6. The van der Waals surface area contributed by atoms with Crippen LogP contribution in [0.4, 0.5) is 4.39 Å². The number of hydrogen-bond acceptors (Lipinski definition) is 2. The van der Waals surface area contributed by atoms with Crippen LogP contribution in [0, 0.1) is 12.8 Å². The Bertz CT molecular complexity index is 1000. The van der Waals surface area contributed by atoms with E-state index < -0.39 is 18.2 Å². The third-order valence-corrected chi connectivity index (χ3v) is 4.77. The monoisotopic (exact) mass is 538 g/mol. The maximum Gasteiger partial charge on any atom is 0.306 e. The van der Waals surface area contributed by atoms with Crippen molar-refractivity contribution in [1.29, 1.82) is 0 Å². The summed E-state index contributed by atoms with van der Waals surface area (Å²) in [7, 11) is 0. The minimum atomic E-state index is -1.57. The minimum absolute atomic E-state index is 0.242. The van der Waals surface area contributed by atoms with E-state index in [0.717, 1.165) is 22.3 Å². The molecule has 2 atom stereocenters. The number of carboxylic acid groups (broad SMARTS) is 1. The quantitative estimate of drug-likeness (QED) is 0.196. The number of alkyl halides is 1. The molecule has 0 aromatic heterocycles. The van der Waals surface area contributed by atoms with Gasteiger partial charge in [0.1, 0.15) is 5.76 Å². The van der Waals surface area contributed by atoms with Gasteiger partial charge in [0.15, 0.2) is 0 Å². The highest BCUT2D eigenvalue weighted by molar-refractivity contribution is 5.70. The summed E-state index contributed by atoms with van der Waals surface area (Å²) in [4.78, 5) is 10.9. The zero-order valence-electron chi connectivity index (χ0n) is 25.6. The molecular weight excluding hydrogens is 487 g/mol. The highest BCUT2D eigenvalue weighted by atomic mass is 19.1. The van der Waals surface area contributed by atoms with Crippen LogP contribution in [0.25, 0.3) is 5.57 Å². The summed E-state index contributed by atoms with van der Waals surface area (Å²) >= 11 is 0. The Balaban J connectivity index is -0.000000922. The molecule has 2 aromatic carbocycles. The maximum absolute atomic E-state index is 14.4. The second-order valence-electron chi connectivity index (χ2n) is 7.89. The van der Waals surface area contributed by atoms with E-state index in [1.165, 1.54) is 0 Å². The van der Waals surface area contributed by atoms with Crippen molar-refractivity contribution in [3.05, 3.63) is 127 Å². The van der Waals surface area contributed by atoms with Gasteiger partial charge in [0.2, 0.25) is 0 Å². The van der Waals surface area contributed by atoms with Crippen molar-refractivity contribution in [2.24, 2.45) is 5.92 Å². The molecule has 2 aromatic rings. The van der Waals surface area contributed by atoms with E-state index in [0.29, 0.717) is 12.0 Å². The van der Waals surface area contributed by atoms with Crippen molar-refractivity contribution in [2.45, 2.75) is 75.1 Å². The van der Waals surface area contributed by atoms with Crippen LogP contribution in [0.3, 0.4) is 0 Å². The Morgan fingerprint density at radius 2 is 1.54 bits per heavy atom. The SMILES string of the molecule is C=C(/C=C(\C)c1ccc(CC(C)C(=O)O)cc1)OC(F)c1ccccc1C.C=C/C=C\C.C=CC.CC.CC. The smallest absolute Gasteiger partial charge is 0.306 e. The van der Waals surface area contributed by atoms with Crippen molar-refractivity contribution in [3.8, 4) is 0 Å². The summed E-state index contributed by atoms with van der Waals surface area (Å²) in [5.41, 5.74) is 4.10. The van der Waals surface area contributed by atoms with Crippen molar-refractivity contribution in [3.63, 3.8) is 0 Å². The Kier molecular flexibility index (Phi) is 26.5. The summed E-state index contributed by atoms with van der Waals surface area (Å²) < 4.78 is 19.7. The van der Waals surface area contributed by atoms with Crippen LogP contribution < -0.4 is 0 Å². The van der Waals surface area contributed by atoms with Crippen LogP contribution in [-0.4, -0.2) is 11.1 Å². The molecule has 0 heterocycles. The number of benzene rings is 2. The molecule has 0 aliphatic rings. The molecule has 2 unspecified atom stereocenters. The topological polar surface area (TPSA) is 46.5 Å². The van der Waals surface area contributed by atoms with Crippen molar-refractivity contribution < 1.29 is 19.0 Å². The molecule has 0 saturated carbocycles. The van der Waals surface area contributed by atoms with Gasteiger partial charge in [-0.3, -0.25) is 4.79 Å². The molecule has 0 aliphatic carbocycles. The number of aliphatic carboxylic acids is 1. The van der Waals surface area contributed by atoms with Gasteiger partial charge in [-0.15, -0.1) is 6.58 Å². The Morgan fingerprint density at radius 3 is 1.95 bits per heavy atom. The fraction of sp³-hybridized carbons (Fsp3) is 0.343. The first-order valence-electron chi connectivity index (χ1n) is 13.5. The Labute approximate surface area is 238 Å². The van der Waals surface area contributed by atoms with Crippen LogP contribution in [0.5, 0.6) is 0 Å². The standard InChI is InChI=1S/C23H25FO3.C5H8.C3H6.2C2H6/c1-15-7-5-6-8-21(15)22(24)27-18(4)13-16(2)20-11-9-19(10-12-20)14-17(3)23(25)26;1-3-5-4-2;1-3-2;2*1-2/h5-13,17,22H,4,14H2,1-3H3,(H,25,26);3-5H,1H2,2H3;3H,1H2,2H3;2*1-2H3/b16-13+;5-4-;;;. The number of ether oxygens (including phenoxy) is 1. The van der Waals surface area contributed by atoms with Gasteiger partial charge >= 0.3 is 5.97 Å². The van der Waals surface area contributed by atoms with Gasteiger partial charge in [0, 0.05) is 5.56 Å². The first-order valence-corrected chi connectivity index (χ1v) is 13.5. The molecule has 0 radical (unpaired) electrons. The first-order chi connectivity index (χ1) is 18.6. The summed E-state index contributed by atoms with van der Waals surface area (Å²) in [6, 6.07) is 14.8. The molecule has 0 amide bonds. The number of aryl methyl sites for hydroxylation is 1. The molecule has 3 nitrogen and oxygen atoms in total. The van der Waals surface area contributed by atoms with Gasteiger partial charge in [-0.1, -0.05) is 121 Å². The molecule has 0 saturated heterocycles. The Hall–Kier alpha value is -3.66. The summed E-state index contributed by atoms with van der Waals surface area (Å²) in [6.07, 6.45) is 7.93. The summed E-state index contributed by atoms with van der Waals surface area (Å²) in [6.45, 7) is 27.9. The zero-order valence-corrected chi connectivity index (χ0v) is 25.6. The molecular formula is C35H51FO3. The highest BCUT2D eigenvalue weighted by Crippen LogP contribution is 2.26. The van der Waals surface area contributed by atoms with Gasteiger partial charge in [-0.2, -0.15) is 4.39 Å². The van der Waals surface area contributed by atoms with E-state index in [2.05, 4.69) is 19.7 Å². The number of carboxylic acids is 1. The van der Waals surface area contributed by atoms with Crippen LogP contribution in [-0.2, 0) is 16.0 Å². The van der Waals surface area contributed by atoms with Crippen molar-refractivity contribution in [1.82, 2.24) is 0 Å². The van der Waals surface area contributed by atoms with Crippen LogP contribution in [0.15, 0.2) is 104 Å². The predicted molar refractivity (Wildman–Crippen MR) is 169 cm³/mol. The fourth-order valence-corrected chi connectivity index (χ4v) is 2.88. The van der Waals surface area contributed by atoms with Gasteiger partial charge in [0.05, 0.1) is 5.92 Å². The average Bonchev–Trinajstić information content (AvgIpc) is 2.92. The molecule has 0 spiro atoms. The highest BCUT2D eigenvalue weighted by Gasteiger charge is 2.14. The first kappa shape index (κ1) is 39.8. The van der Waals surface area contributed by atoms with E-state index >= 15 is 0 Å². The van der Waals surface area contributed by atoms with Gasteiger partial charge in [-0.05, 0) is 62.5 Å². The summed E-state index contributed by atoms with van der Waals surface area (Å²) in [5.74, 6) is -0.992. The largest absolute Gasteiger partial charge is 0.481 e. The van der Waals surface area contributed by atoms with E-state index in [1.54, 1.807) is 37.3 Å². The lowest BCUT2D eigenvalue weighted by Gasteiger charge is -2.14. The lowest BCUT2D eigenvalue weighted by Crippen LogP contribution is -2.12. The molecule has 0 aliphatic heterocycles. The second kappa shape index (κ2) is 26.0. The predicted octanol–water partition coefficient (Wildman–Crippen LogP) is 10.9. The Morgan fingerprint density at radius 1 is 1.03 bits per heavy atom. The number of halogens is 1. The number of hydrogen-bond donors (Lipinski definition) is 1. The van der Waals surface area contributed by atoms with Crippen LogP contribution in [0.2, 0.25) is 0 Å². The molecule has 216 valence electrons. The van der Waals surface area contributed by atoms with Crippen molar-refractivity contribution in [2.75, 3.05) is 0 Å². The fourth-order valence-electron chi connectivity index (χ4n) is 2.88. The van der Waals surface area contributed by atoms with E-state index in [1.807, 2.05) is 104 Å². The average molecular weight is 539 g/mol. The van der Waals surface area contributed by atoms with Gasteiger partial charge in [-0.25, -0.2) is 0 Å². The molecule has 4 heteroatoms. The lowest BCUT2D eigenvalue weighted by atomic mass is 9.98. The molecule has 0 fully saturated rings. The molecule has 39 heavy (non-hydrogen) atoms. The van der Waals surface area contributed by atoms with Crippen LogP contribution in [0.1, 0.15) is 84.0 Å². The lowest BCUT2D eigenvalue weighted by molar-refractivity contribution is -0.141. The third kappa shape index (κ3) is 19.1. The van der Waals surface area contributed by atoms with E-state index in [9.17, 15) is 9.18 Å². The molecule has 2 rings (SSSR count). The maximum atomic E-state index is 14.4. The zero-order chi connectivity index (χ0) is 30.8. The normalized spacial score (nSPS) is 11.3. The minimum Gasteiger partial charge on any atom is -0.481 e. The summed E-state index contributed by atoms with van der Waals surface area (Å²) in [5, 5.41) is 8.99. The second-order valence-corrected chi connectivity index (χ2v) is 7.89. The molecule has 0 bridgehead atoms. The third-order valence-electron chi connectivity index (χ3n) is 4.77. The van der Waals surface area contributed by atoms with Gasteiger partial charge in [0.25, 0.3) is 6.36 Å². The number of rotatable bonds is 9. The number of carbonyl (C=O) groups is 1. The van der Waals surface area contributed by atoms with E-state index in [-0.39, 0.29) is 5.76 Å². The van der Waals surface area contributed by atoms with Gasteiger partial charge < -0.3 is 9.84 Å². The molecule has 1 N–H and O–H groups in total.